The number of phenols is 3. The molecule has 0 aliphatic rings. The van der Waals surface area contributed by atoms with E-state index in [1.54, 1.807) is 24.3 Å². The van der Waals surface area contributed by atoms with Gasteiger partial charge in [-0.2, -0.15) is 0 Å². The maximum absolute atomic E-state index is 12.0. The molecule has 22 heavy (non-hydrogen) atoms. The minimum atomic E-state index is -0.369. The number of thioether (sulfide) groups is 1. The molecule has 0 saturated heterocycles. The van der Waals surface area contributed by atoms with Crippen molar-refractivity contribution >= 4 is 22.7 Å². The molecule has 0 fully saturated rings. The van der Waals surface area contributed by atoms with Gasteiger partial charge < -0.3 is 19.7 Å². The first-order valence-corrected chi connectivity index (χ1v) is 7.42. The van der Waals surface area contributed by atoms with Gasteiger partial charge in [0.25, 0.3) is 0 Å². The third kappa shape index (κ3) is 2.87. The highest BCUT2D eigenvalue weighted by Gasteiger charge is 2.11. The van der Waals surface area contributed by atoms with Crippen LogP contribution in [0.4, 0.5) is 0 Å². The minimum absolute atomic E-state index is 0.0479. The van der Waals surface area contributed by atoms with Crippen LogP contribution >= 0.6 is 11.8 Å². The first-order valence-electron chi connectivity index (χ1n) is 6.43. The lowest BCUT2D eigenvalue weighted by atomic mass is 10.2. The molecule has 6 heteroatoms. The fraction of sp³-hybridized carbons (Fsp3) is 0.0625. The van der Waals surface area contributed by atoms with E-state index >= 15 is 0 Å². The summed E-state index contributed by atoms with van der Waals surface area (Å²) < 4.78 is 5.54. The molecule has 0 aliphatic carbocycles. The van der Waals surface area contributed by atoms with Crippen LogP contribution in [0.2, 0.25) is 0 Å². The van der Waals surface area contributed by atoms with Crippen LogP contribution in [0.5, 0.6) is 17.2 Å². The second-order valence-electron chi connectivity index (χ2n) is 4.72. The molecule has 0 atom stereocenters. The van der Waals surface area contributed by atoms with E-state index in [0.717, 1.165) is 11.6 Å². The van der Waals surface area contributed by atoms with E-state index < -0.39 is 0 Å². The Labute approximate surface area is 129 Å². The highest BCUT2D eigenvalue weighted by molar-refractivity contribution is 7.98. The molecule has 0 spiro atoms. The van der Waals surface area contributed by atoms with Crippen molar-refractivity contribution < 1.29 is 19.7 Å². The molecule has 2 aromatic carbocycles. The third-order valence-corrected chi connectivity index (χ3v) is 4.05. The zero-order valence-corrected chi connectivity index (χ0v) is 12.1. The van der Waals surface area contributed by atoms with E-state index in [9.17, 15) is 20.1 Å². The summed E-state index contributed by atoms with van der Waals surface area (Å²) in [5.74, 6) is 0.268. The Morgan fingerprint density at radius 2 is 1.68 bits per heavy atom. The van der Waals surface area contributed by atoms with Crippen LogP contribution in [-0.2, 0) is 5.75 Å². The van der Waals surface area contributed by atoms with Crippen LogP contribution in [0, 0.1) is 0 Å². The summed E-state index contributed by atoms with van der Waals surface area (Å²) in [5.41, 5.74) is 0.731. The fourth-order valence-corrected chi connectivity index (χ4v) is 2.89. The monoisotopic (exact) mass is 316 g/mol. The quantitative estimate of drug-likeness (QED) is 0.643. The number of hydrogen-bond donors (Lipinski definition) is 3. The smallest absolute Gasteiger partial charge is 0.197 e. The van der Waals surface area contributed by atoms with Gasteiger partial charge in [0, 0.05) is 24.0 Å². The van der Waals surface area contributed by atoms with Crippen molar-refractivity contribution in [1.29, 1.82) is 0 Å². The Hall–Kier alpha value is -2.60. The van der Waals surface area contributed by atoms with Crippen LogP contribution < -0.4 is 5.43 Å². The Balaban J connectivity index is 1.91. The van der Waals surface area contributed by atoms with Gasteiger partial charge in [0.05, 0.1) is 0 Å². The van der Waals surface area contributed by atoms with Gasteiger partial charge in [-0.25, -0.2) is 0 Å². The van der Waals surface area contributed by atoms with Gasteiger partial charge in [-0.05, 0) is 17.7 Å². The number of benzene rings is 2. The first-order chi connectivity index (χ1) is 10.5. The van der Waals surface area contributed by atoms with Crippen LogP contribution in [0.1, 0.15) is 5.56 Å². The second-order valence-corrected chi connectivity index (χ2v) is 5.70. The average molecular weight is 316 g/mol. The summed E-state index contributed by atoms with van der Waals surface area (Å²) >= 11 is 1.31. The fourth-order valence-electron chi connectivity index (χ4n) is 2.05. The van der Waals surface area contributed by atoms with Gasteiger partial charge >= 0.3 is 0 Å². The van der Waals surface area contributed by atoms with Crippen LogP contribution in [0.3, 0.4) is 0 Å². The van der Waals surface area contributed by atoms with E-state index in [4.69, 9.17) is 4.42 Å². The third-order valence-electron chi connectivity index (χ3n) is 3.09. The van der Waals surface area contributed by atoms with Gasteiger partial charge in [-0.15, -0.1) is 0 Å². The Morgan fingerprint density at radius 1 is 0.955 bits per heavy atom. The molecule has 0 amide bonds. The van der Waals surface area contributed by atoms with E-state index in [0.29, 0.717) is 10.8 Å². The molecule has 3 N–H and O–H groups in total. The summed E-state index contributed by atoms with van der Waals surface area (Å²) in [7, 11) is 0. The van der Waals surface area contributed by atoms with Gasteiger partial charge in [0.15, 0.2) is 10.5 Å². The van der Waals surface area contributed by atoms with Gasteiger partial charge in [0.2, 0.25) is 0 Å². The number of fused-ring (bicyclic) bond motifs is 1. The predicted molar refractivity (Wildman–Crippen MR) is 83.5 cm³/mol. The highest BCUT2D eigenvalue weighted by Crippen LogP contribution is 2.31. The van der Waals surface area contributed by atoms with Gasteiger partial charge in [-0.3, -0.25) is 4.79 Å². The van der Waals surface area contributed by atoms with Crippen molar-refractivity contribution in [1.82, 2.24) is 0 Å². The summed E-state index contributed by atoms with van der Waals surface area (Å²) in [6.45, 7) is 0. The van der Waals surface area contributed by atoms with Crippen molar-refractivity contribution in [2.75, 3.05) is 0 Å². The maximum Gasteiger partial charge on any atom is 0.197 e. The number of aromatic hydroxyl groups is 3. The second kappa shape index (κ2) is 5.65. The summed E-state index contributed by atoms with van der Waals surface area (Å²) in [4.78, 5) is 12.0. The average Bonchev–Trinajstić information content (AvgIpc) is 2.45. The minimum Gasteiger partial charge on any atom is -0.508 e. The van der Waals surface area contributed by atoms with E-state index in [2.05, 4.69) is 0 Å². The molecule has 1 aromatic heterocycles. The molecule has 0 saturated carbocycles. The van der Waals surface area contributed by atoms with E-state index in [1.165, 1.54) is 23.9 Å². The molecule has 3 rings (SSSR count). The largest absolute Gasteiger partial charge is 0.508 e. The van der Waals surface area contributed by atoms with Gasteiger partial charge in [0.1, 0.15) is 28.2 Å². The molecule has 3 aromatic rings. The van der Waals surface area contributed by atoms with E-state index in [-0.39, 0.29) is 33.6 Å². The Bertz CT molecular complexity index is 883. The van der Waals surface area contributed by atoms with Crippen LogP contribution in [0.25, 0.3) is 11.0 Å². The lowest BCUT2D eigenvalue weighted by Gasteiger charge is -2.05. The molecular weight excluding hydrogens is 304 g/mol. The maximum atomic E-state index is 12.0. The Kier molecular flexibility index (Phi) is 3.68. The molecule has 112 valence electrons. The van der Waals surface area contributed by atoms with Crippen molar-refractivity contribution in [3.63, 3.8) is 0 Å². The zero-order chi connectivity index (χ0) is 15.7. The first kappa shape index (κ1) is 14.3. The highest BCUT2D eigenvalue weighted by atomic mass is 32.2. The van der Waals surface area contributed by atoms with Crippen LogP contribution in [-0.4, -0.2) is 15.3 Å². The SMILES string of the molecule is O=c1cc(SCc2ccc(O)cc2)oc2cc(O)cc(O)c12. The molecule has 0 radical (unpaired) electrons. The van der Waals surface area contributed by atoms with Crippen molar-refractivity contribution in [2.45, 2.75) is 10.8 Å². The summed E-state index contributed by atoms with van der Waals surface area (Å²) in [5, 5.41) is 28.8. The molecule has 0 aliphatic heterocycles. The molecule has 5 nitrogen and oxygen atoms in total. The molecular formula is C16H12O5S. The number of phenolic OH excluding ortho intramolecular Hbond substituents is 3. The summed E-state index contributed by atoms with van der Waals surface area (Å²) in [6, 6.07) is 10.4. The lowest BCUT2D eigenvalue weighted by Crippen LogP contribution is -2.00. The predicted octanol–water partition coefficient (Wildman–Crippen LogP) is 3.20. The van der Waals surface area contributed by atoms with Crippen molar-refractivity contribution in [3.05, 3.63) is 58.3 Å². The molecule has 0 unspecified atom stereocenters. The number of hydrogen-bond acceptors (Lipinski definition) is 6. The van der Waals surface area contributed by atoms with Crippen LogP contribution in [0.15, 0.2) is 56.8 Å². The normalized spacial score (nSPS) is 10.9. The molecule has 1 heterocycles. The van der Waals surface area contributed by atoms with Crippen molar-refractivity contribution in [2.24, 2.45) is 0 Å². The standard InChI is InChI=1S/C16H12O5S/c17-10-3-1-9(2-4-10)8-22-15-7-13(20)16-12(19)5-11(18)6-14(16)21-15/h1-7,17-19H,8H2. The molecule has 0 bridgehead atoms. The topological polar surface area (TPSA) is 90.9 Å². The van der Waals surface area contributed by atoms with E-state index in [1.807, 2.05) is 0 Å². The lowest BCUT2D eigenvalue weighted by molar-refractivity contribution is 0.446. The van der Waals surface area contributed by atoms with Crippen molar-refractivity contribution in [3.8, 4) is 17.2 Å². The Morgan fingerprint density at radius 3 is 2.41 bits per heavy atom. The van der Waals surface area contributed by atoms with Gasteiger partial charge in [-0.1, -0.05) is 23.9 Å². The summed E-state index contributed by atoms with van der Waals surface area (Å²) in [6.07, 6.45) is 0. The zero-order valence-electron chi connectivity index (χ0n) is 11.3. The number of rotatable bonds is 3.